The average molecular weight is 233 g/mol. The summed E-state index contributed by atoms with van der Waals surface area (Å²) in [5.74, 6) is 0.531. The molecule has 4 nitrogen and oxygen atoms in total. The highest BCUT2D eigenvalue weighted by atomic mass is 16.1. The number of nitrogens with one attached hydrogen (secondary N) is 1. The van der Waals surface area contributed by atoms with Gasteiger partial charge in [0.1, 0.15) is 0 Å². The molecule has 0 aliphatic heterocycles. The number of nitrogens with zero attached hydrogens (tertiary/aromatic N) is 2. The summed E-state index contributed by atoms with van der Waals surface area (Å²) >= 11 is 0. The molecule has 1 aromatic heterocycles. The molecular weight excluding hydrogens is 214 g/mol. The zero-order valence-electron chi connectivity index (χ0n) is 10.3. The molecule has 0 spiro atoms. The third kappa shape index (κ3) is 2.08. The van der Waals surface area contributed by atoms with E-state index in [4.69, 9.17) is 0 Å². The molecule has 2 aliphatic rings. The molecule has 0 unspecified atom stereocenters. The van der Waals surface area contributed by atoms with E-state index < -0.39 is 0 Å². The molecule has 2 aliphatic carbocycles. The van der Waals surface area contributed by atoms with Crippen LogP contribution in [0.3, 0.4) is 0 Å². The van der Waals surface area contributed by atoms with Crippen LogP contribution in [0.5, 0.6) is 0 Å². The first-order valence-corrected chi connectivity index (χ1v) is 6.53. The number of hydrogen-bond acceptors (Lipinski definition) is 3. The van der Waals surface area contributed by atoms with Gasteiger partial charge in [-0.15, -0.1) is 0 Å². The Hall–Kier alpha value is -1.32. The van der Waals surface area contributed by atoms with Crippen LogP contribution >= 0.6 is 0 Å². The fourth-order valence-electron chi connectivity index (χ4n) is 2.72. The van der Waals surface area contributed by atoms with Crippen molar-refractivity contribution < 1.29 is 0 Å². The molecule has 3 rings (SSSR count). The van der Waals surface area contributed by atoms with Gasteiger partial charge >= 0.3 is 0 Å². The van der Waals surface area contributed by atoms with Crippen LogP contribution in [0.2, 0.25) is 0 Å². The monoisotopic (exact) mass is 233 g/mol. The summed E-state index contributed by atoms with van der Waals surface area (Å²) in [5, 5.41) is 3.36. The van der Waals surface area contributed by atoms with Crippen LogP contribution in [-0.2, 0) is 0 Å². The quantitative estimate of drug-likeness (QED) is 0.871. The van der Waals surface area contributed by atoms with E-state index in [1.165, 1.54) is 12.8 Å². The first-order chi connectivity index (χ1) is 8.18. The van der Waals surface area contributed by atoms with Crippen molar-refractivity contribution in [1.29, 1.82) is 0 Å². The van der Waals surface area contributed by atoms with Gasteiger partial charge in [0.2, 0.25) is 0 Å². The second-order valence-electron chi connectivity index (χ2n) is 5.61. The van der Waals surface area contributed by atoms with E-state index in [1.54, 1.807) is 6.20 Å². The third-order valence-electron chi connectivity index (χ3n) is 3.94. The summed E-state index contributed by atoms with van der Waals surface area (Å²) in [5.41, 5.74) is 0.109. The number of rotatable bonds is 3. The molecule has 2 saturated carbocycles. The second kappa shape index (κ2) is 3.86. The standard InChI is InChI=1S/C13H19N3O/c1-13(6-2-3-7-13)15-11-12(17)16(9-8-14-11)10-4-5-10/h8-10H,2-7H2,1H3,(H,14,15). The molecule has 0 saturated heterocycles. The van der Waals surface area contributed by atoms with E-state index in [-0.39, 0.29) is 11.1 Å². The maximum absolute atomic E-state index is 12.2. The predicted molar refractivity (Wildman–Crippen MR) is 67.3 cm³/mol. The molecule has 92 valence electrons. The molecule has 2 fully saturated rings. The maximum atomic E-state index is 12.2. The van der Waals surface area contributed by atoms with Crippen molar-refractivity contribution in [3.05, 3.63) is 22.7 Å². The van der Waals surface area contributed by atoms with Crippen molar-refractivity contribution in [2.45, 2.75) is 57.0 Å². The van der Waals surface area contributed by atoms with E-state index in [1.807, 2.05) is 10.8 Å². The minimum absolute atomic E-state index is 0.0446. The molecule has 4 heteroatoms. The van der Waals surface area contributed by atoms with Crippen molar-refractivity contribution in [1.82, 2.24) is 9.55 Å². The molecule has 1 aromatic rings. The lowest BCUT2D eigenvalue weighted by Crippen LogP contribution is -2.35. The van der Waals surface area contributed by atoms with Crippen molar-refractivity contribution in [3.8, 4) is 0 Å². The molecule has 0 atom stereocenters. The lowest BCUT2D eigenvalue weighted by atomic mass is 10.0. The first-order valence-electron chi connectivity index (χ1n) is 6.53. The van der Waals surface area contributed by atoms with Crippen LogP contribution in [0.25, 0.3) is 0 Å². The summed E-state index contributed by atoms with van der Waals surface area (Å²) in [4.78, 5) is 16.4. The predicted octanol–water partition coefficient (Wildman–Crippen LogP) is 2.32. The Labute approximate surface area is 101 Å². The Morgan fingerprint density at radius 2 is 2.12 bits per heavy atom. The van der Waals surface area contributed by atoms with Crippen LogP contribution in [0, 0.1) is 0 Å². The van der Waals surface area contributed by atoms with Gasteiger partial charge in [-0.05, 0) is 32.6 Å². The fourth-order valence-corrected chi connectivity index (χ4v) is 2.72. The normalized spacial score (nSPS) is 22.6. The van der Waals surface area contributed by atoms with Crippen LogP contribution in [0.4, 0.5) is 5.82 Å². The van der Waals surface area contributed by atoms with Crippen molar-refractivity contribution >= 4 is 5.82 Å². The Kier molecular flexibility index (Phi) is 2.45. The van der Waals surface area contributed by atoms with Crippen LogP contribution in [0.15, 0.2) is 17.2 Å². The Bertz CT molecular complexity index is 470. The molecule has 1 N–H and O–H groups in total. The average Bonchev–Trinajstić information content (AvgIpc) is 3.05. The summed E-state index contributed by atoms with van der Waals surface area (Å²) in [6.45, 7) is 2.19. The number of anilines is 1. The molecular formula is C13H19N3O. The van der Waals surface area contributed by atoms with Gasteiger partial charge in [-0.1, -0.05) is 12.8 Å². The lowest BCUT2D eigenvalue weighted by molar-refractivity contribution is 0.527. The zero-order chi connectivity index (χ0) is 11.9. The molecule has 0 aromatic carbocycles. The van der Waals surface area contributed by atoms with Gasteiger partial charge in [-0.3, -0.25) is 4.79 Å². The van der Waals surface area contributed by atoms with Gasteiger partial charge in [-0.2, -0.15) is 0 Å². The lowest BCUT2D eigenvalue weighted by Gasteiger charge is -2.25. The highest BCUT2D eigenvalue weighted by molar-refractivity contribution is 5.35. The SMILES string of the molecule is CC1(Nc2nccn(C3CC3)c2=O)CCCC1. The highest BCUT2D eigenvalue weighted by Gasteiger charge is 2.31. The van der Waals surface area contributed by atoms with Gasteiger partial charge in [0, 0.05) is 24.0 Å². The van der Waals surface area contributed by atoms with Gasteiger partial charge in [0.15, 0.2) is 5.82 Å². The largest absolute Gasteiger partial charge is 0.360 e. The van der Waals surface area contributed by atoms with E-state index in [0.29, 0.717) is 11.9 Å². The summed E-state index contributed by atoms with van der Waals surface area (Å²) in [6.07, 6.45) is 10.5. The first kappa shape index (κ1) is 10.8. The number of aromatic nitrogens is 2. The van der Waals surface area contributed by atoms with E-state index in [2.05, 4.69) is 17.2 Å². The van der Waals surface area contributed by atoms with Crippen molar-refractivity contribution in [3.63, 3.8) is 0 Å². The van der Waals surface area contributed by atoms with Crippen molar-refractivity contribution in [2.24, 2.45) is 0 Å². The molecule has 0 radical (unpaired) electrons. The zero-order valence-corrected chi connectivity index (χ0v) is 10.3. The molecule has 17 heavy (non-hydrogen) atoms. The molecule has 0 bridgehead atoms. The Balaban J connectivity index is 1.87. The molecule has 0 amide bonds. The van der Waals surface area contributed by atoms with Gasteiger partial charge in [0.25, 0.3) is 5.56 Å². The second-order valence-corrected chi connectivity index (χ2v) is 5.61. The Morgan fingerprint density at radius 1 is 1.41 bits per heavy atom. The van der Waals surface area contributed by atoms with E-state index in [9.17, 15) is 4.79 Å². The van der Waals surface area contributed by atoms with E-state index in [0.717, 1.165) is 25.7 Å². The minimum atomic E-state index is 0.0446. The third-order valence-corrected chi connectivity index (χ3v) is 3.94. The summed E-state index contributed by atoms with van der Waals surface area (Å²) in [6, 6.07) is 0.419. The van der Waals surface area contributed by atoms with Gasteiger partial charge < -0.3 is 9.88 Å². The highest BCUT2D eigenvalue weighted by Crippen LogP contribution is 2.34. The van der Waals surface area contributed by atoms with Gasteiger partial charge in [0.05, 0.1) is 0 Å². The topological polar surface area (TPSA) is 46.9 Å². The Morgan fingerprint density at radius 3 is 2.76 bits per heavy atom. The van der Waals surface area contributed by atoms with E-state index >= 15 is 0 Å². The number of hydrogen-bond donors (Lipinski definition) is 1. The maximum Gasteiger partial charge on any atom is 0.293 e. The van der Waals surface area contributed by atoms with Gasteiger partial charge in [-0.25, -0.2) is 4.98 Å². The van der Waals surface area contributed by atoms with Crippen LogP contribution in [-0.4, -0.2) is 15.1 Å². The summed E-state index contributed by atoms with van der Waals surface area (Å²) in [7, 11) is 0. The van der Waals surface area contributed by atoms with Crippen LogP contribution < -0.4 is 10.9 Å². The smallest absolute Gasteiger partial charge is 0.293 e. The van der Waals surface area contributed by atoms with Crippen molar-refractivity contribution in [2.75, 3.05) is 5.32 Å². The minimum Gasteiger partial charge on any atom is -0.360 e. The summed E-state index contributed by atoms with van der Waals surface area (Å²) < 4.78 is 1.83. The van der Waals surface area contributed by atoms with Crippen LogP contribution in [0.1, 0.15) is 51.5 Å². The fraction of sp³-hybridized carbons (Fsp3) is 0.692. The molecule has 1 heterocycles.